The molecule has 1 atom stereocenters. The van der Waals surface area contributed by atoms with Crippen molar-refractivity contribution in [3.63, 3.8) is 0 Å². The second-order valence-electron chi connectivity index (χ2n) is 4.93. The van der Waals surface area contributed by atoms with E-state index in [0.717, 1.165) is 21.3 Å². The van der Waals surface area contributed by atoms with Gasteiger partial charge in [-0.25, -0.2) is 0 Å². The fraction of sp³-hybridized carbons (Fsp3) is 0.235. The van der Waals surface area contributed by atoms with Gasteiger partial charge in [-0.1, -0.05) is 36.4 Å². The molecule has 0 saturated heterocycles. The highest BCUT2D eigenvalue weighted by atomic mass is 79.9. The number of aliphatic carboxylic acids is 1. The van der Waals surface area contributed by atoms with Crippen LogP contribution in [0.25, 0.3) is 0 Å². The zero-order chi connectivity index (χ0) is 15.9. The molecule has 0 radical (unpaired) electrons. The van der Waals surface area contributed by atoms with Gasteiger partial charge in [0, 0.05) is 6.54 Å². The Bertz CT molecular complexity index is 631. The summed E-state index contributed by atoms with van der Waals surface area (Å²) < 4.78 is 6.03. The van der Waals surface area contributed by atoms with Crippen LogP contribution in [0.2, 0.25) is 0 Å². The topological polar surface area (TPSA) is 58.6 Å². The second-order valence-corrected chi connectivity index (χ2v) is 5.78. The first-order valence-corrected chi connectivity index (χ1v) is 7.72. The number of methoxy groups -OCH3 is 1. The summed E-state index contributed by atoms with van der Waals surface area (Å²) in [6.07, 6.45) is 0.452. The molecule has 2 N–H and O–H groups in total. The first kappa shape index (κ1) is 16.5. The fourth-order valence-electron chi connectivity index (χ4n) is 2.16. The predicted molar refractivity (Wildman–Crippen MR) is 89.1 cm³/mol. The fourth-order valence-corrected chi connectivity index (χ4v) is 2.75. The zero-order valence-electron chi connectivity index (χ0n) is 12.3. The minimum atomic E-state index is -0.851. The quantitative estimate of drug-likeness (QED) is 0.792. The maximum Gasteiger partial charge on any atom is 0.321 e. The minimum Gasteiger partial charge on any atom is -0.496 e. The van der Waals surface area contributed by atoms with Gasteiger partial charge in [0.25, 0.3) is 0 Å². The van der Waals surface area contributed by atoms with Crippen molar-refractivity contribution >= 4 is 21.9 Å². The van der Waals surface area contributed by atoms with Crippen LogP contribution in [-0.4, -0.2) is 24.2 Å². The normalized spacial score (nSPS) is 11.9. The number of hydrogen-bond acceptors (Lipinski definition) is 3. The van der Waals surface area contributed by atoms with Gasteiger partial charge in [-0.2, -0.15) is 0 Å². The SMILES string of the molecule is COc1ccc(CNC(Cc2ccccc2)C(=O)O)cc1Br. The Morgan fingerprint density at radius 1 is 1.23 bits per heavy atom. The summed E-state index contributed by atoms with van der Waals surface area (Å²) in [7, 11) is 1.61. The Morgan fingerprint density at radius 2 is 1.95 bits per heavy atom. The van der Waals surface area contributed by atoms with Crippen LogP contribution in [0, 0.1) is 0 Å². The molecule has 0 spiro atoms. The summed E-state index contributed by atoms with van der Waals surface area (Å²) >= 11 is 3.43. The van der Waals surface area contributed by atoms with Crippen molar-refractivity contribution in [1.29, 1.82) is 0 Å². The summed E-state index contributed by atoms with van der Waals surface area (Å²) in [6.45, 7) is 0.479. The number of hydrogen-bond donors (Lipinski definition) is 2. The molecule has 2 rings (SSSR count). The van der Waals surface area contributed by atoms with Crippen LogP contribution < -0.4 is 10.1 Å². The van der Waals surface area contributed by atoms with E-state index in [1.165, 1.54) is 0 Å². The Kier molecular flexibility index (Phi) is 5.98. The average molecular weight is 364 g/mol. The molecule has 5 heteroatoms. The molecule has 0 bridgehead atoms. The van der Waals surface area contributed by atoms with Gasteiger partial charge in [-0.3, -0.25) is 4.79 Å². The molecule has 0 aliphatic rings. The lowest BCUT2D eigenvalue weighted by Gasteiger charge is -2.15. The van der Waals surface area contributed by atoms with Crippen molar-refractivity contribution in [1.82, 2.24) is 5.32 Å². The van der Waals surface area contributed by atoms with Crippen LogP contribution in [0.1, 0.15) is 11.1 Å². The van der Waals surface area contributed by atoms with Crippen LogP contribution in [-0.2, 0) is 17.8 Å². The summed E-state index contributed by atoms with van der Waals surface area (Å²) in [5.41, 5.74) is 1.99. The standard InChI is InChI=1S/C17H18BrNO3/c1-22-16-8-7-13(9-14(16)18)11-19-15(17(20)21)10-12-5-3-2-4-6-12/h2-9,15,19H,10-11H2,1H3,(H,20,21). The molecule has 0 saturated carbocycles. The number of benzene rings is 2. The maximum atomic E-state index is 11.4. The van der Waals surface area contributed by atoms with Crippen LogP contribution in [0.5, 0.6) is 5.75 Å². The number of rotatable bonds is 7. The molecule has 0 amide bonds. The Labute approximate surface area is 138 Å². The van der Waals surface area contributed by atoms with Gasteiger partial charge in [-0.05, 0) is 45.6 Å². The van der Waals surface area contributed by atoms with Gasteiger partial charge in [0.15, 0.2) is 0 Å². The summed E-state index contributed by atoms with van der Waals surface area (Å²) in [5, 5.41) is 12.4. The van der Waals surface area contributed by atoms with Crippen molar-refractivity contribution in [3.05, 3.63) is 64.1 Å². The minimum absolute atomic E-state index is 0.452. The third-order valence-electron chi connectivity index (χ3n) is 3.35. The molecule has 116 valence electrons. The van der Waals surface area contributed by atoms with Gasteiger partial charge in [0.1, 0.15) is 11.8 Å². The van der Waals surface area contributed by atoms with Gasteiger partial charge < -0.3 is 15.2 Å². The summed E-state index contributed by atoms with van der Waals surface area (Å²) in [5.74, 6) is -0.0979. The monoisotopic (exact) mass is 363 g/mol. The molecule has 0 aliphatic heterocycles. The van der Waals surface area contributed by atoms with E-state index in [9.17, 15) is 9.90 Å². The van der Waals surface area contributed by atoms with Gasteiger partial charge in [0.05, 0.1) is 11.6 Å². The Morgan fingerprint density at radius 3 is 2.55 bits per heavy atom. The molecule has 2 aromatic rings. The first-order valence-electron chi connectivity index (χ1n) is 6.92. The van der Waals surface area contributed by atoms with Crippen molar-refractivity contribution in [2.75, 3.05) is 7.11 Å². The maximum absolute atomic E-state index is 11.4. The van der Waals surface area contributed by atoms with Crippen molar-refractivity contribution < 1.29 is 14.6 Å². The third-order valence-corrected chi connectivity index (χ3v) is 3.97. The molecular formula is C17H18BrNO3. The smallest absolute Gasteiger partial charge is 0.321 e. The zero-order valence-corrected chi connectivity index (χ0v) is 13.8. The van der Waals surface area contributed by atoms with Crippen molar-refractivity contribution in [2.24, 2.45) is 0 Å². The molecule has 2 aromatic carbocycles. The van der Waals surface area contributed by atoms with E-state index >= 15 is 0 Å². The van der Waals surface area contributed by atoms with Gasteiger partial charge >= 0.3 is 5.97 Å². The van der Waals surface area contributed by atoms with E-state index in [1.54, 1.807) is 7.11 Å². The molecule has 0 aliphatic carbocycles. The van der Waals surface area contributed by atoms with E-state index in [4.69, 9.17) is 4.74 Å². The van der Waals surface area contributed by atoms with E-state index in [1.807, 2.05) is 48.5 Å². The molecule has 0 heterocycles. The number of carboxylic acid groups (broad SMARTS) is 1. The number of carbonyl (C=O) groups is 1. The number of carboxylic acids is 1. The Balaban J connectivity index is 2.00. The van der Waals surface area contributed by atoms with Crippen molar-refractivity contribution in [2.45, 2.75) is 19.0 Å². The van der Waals surface area contributed by atoms with Crippen molar-refractivity contribution in [3.8, 4) is 5.75 Å². The van der Waals surface area contributed by atoms with E-state index < -0.39 is 12.0 Å². The van der Waals surface area contributed by atoms with Crippen LogP contribution in [0.4, 0.5) is 0 Å². The first-order chi connectivity index (χ1) is 10.6. The lowest BCUT2D eigenvalue weighted by atomic mass is 10.1. The highest BCUT2D eigenvalue weighted by Gasteiger charge is 2.17. The number of halogens is 1. The summed E-state index contributed by atoms with van der Waals surface area (Å²) in [6, 6.07) is 14.7. The largest absolute Gasteiger partial charge is 0.496 e. The second kappa shape index (κ2) is 7.96. The predicted octanol–water partition coefficient (Wildman–Crippen LogP) is 3.24. The van der Waals surface area contributed by atoms with Crippen LogP contribution >= 0.6 is 15.9 Å². The lowest BCUT2D eigenvalue weighted by Crippen LogP contribution is -2.38. The van der Waals surface area contributed by atoms with E-state index in [2.05, 4.69) is 21.2 Å². The Hall–Kier alpha value is -1.85. The highest BCUT2D eigenvalue weighted by molar-refractivity contribution is 9.10. The van der Waals surface area contributed by atoms with E-state index in [-0.39, 0.29) is 0 Å². The van der Waals surface area contributed by atoms with Gasteiger partial charge in [0.2, 0.25) is 0 Å². The molecule has 22 heavy (non-hydrogen) atoms. The molecule has 0 fully saturated rings. The molecular weight excluding hydrogens is 346 g/mol. The van der Waals surface area contributed by atoms with Crippen LogP contribution in [0.3, 0.4) is 0 Å². The molecule has 4 nitrogen and oxygen atoms in total. The van der Waals surface area contributed by atoms with E-state index in [0.29, 0.717) is 13.0 Å². The highest BCUT2D eigenvalue weighted by Crippen LogP contribution is 2.25. The van der Waals surface area contributed by atoms with Crippen LogP contribution in [0.15, 0.2) is 53.0 Å². The lowest BCUT2D eigenvalue weighted by molar-refractivity contribution is -0.139. The summed E-state index contributed by atoms with van der Waals surface area (Å²) in [4.78, 5) is 11.4. The number of nitrogens with one attached hydrogen (secondary N) is 1. The van der Waals surface area contributed by atoms with Gasteiger partial charge in [-0.15, -0.1) is 0 Å². The third kappa shape index (κ3) is 4.58. The molecule has 1 unspecified atom stereocenters. The average Bonchev–Trinajstić information content (AvgIpc) is 2.52. The molecule has 0 aromatic heterocycles. The number of ether oxygens (including phenoxy) is 1.